The lowest BCUT2D eigenvalue weighted by Crippen LogP contribution is -2.24. The van der Waals surface area contributed by atoms with Gasteiger partial charge in [-0.25, -0.2) is 9.97 Å². The number of anilines is 2. The number of ether oxygens (including phenoxy) is 1. The van der Waals surface area contributed by atoms with Crippen LogP contribution in [0, 0.1) is 10.1 Å². The van der Waals surface area contributed by atoms with E-state index in [9.17, 15) is 10.1 Å². The van der Waals surface area contributed by atoms with Gasteiger partial charge in [0.25, 0.3) is 0 Å². The lowest BCUT2D eigenvalue weighted by Gasteiger charge is -2.17. The second-order valence-electron chi connectivity index (χ2n) is 4.27. The summed E-state index contributed by atoms with van der Waals surface area (Å²) in [5.74, 6) is 0.619. The highest BCUT2D eigenvalue weighted by molar-refractivity contribution is 5.70. The summed E-state index contributed by atoms with van der Waals surface area (Å²) in [6.07, 6.45) is 2.28. The molecule has 8 nitrogen and oxygen atoms in total. The first-order valence-electron chi connectivity index (χ1n) is 6.18. The zero-order chi connectivity index (χ0) is 13.8. The van der Waals surface area contributed by atoms with Gasteiger partial charge in [0, 0.05) is 26.7 Å². The van der Waals surface area contributed by atoms with Gasteiger partial charge in [-0.05, 0) is 13.3 Å². The van der Waals surface area contributed by atoms with Crippen LogP contribution < -0.4 is 10.2 Å². The molecule has 1 saturated heterocycles. The Morgan fingerprint density at radius 3 is 3.00 bits per heavy atom. The standard InChI is InChI=1S/C11H17N5O3/c1-3-12-10-9(16(17)18)11(14-7-13-10)15-5-4-8(6-15)19-2/h7-8H,3-6H2,1-2H3,(H,12,13,14). The molecule has 8 heteroatoms. The number of nitro groups is 1. The van der Waals surface area contributed by atoms with E-state index in [0.717, 1.165) is 6.42 Å². The first kappa shape index (κ1) is 13.5. The molecule has 1 aliphatic heterocycles. The van der Waals surface area contributed by atoms with Crippen molar-refractivity contribution in [3.8, 4) is 0 Å². The van der Waals surface area contributed by atoms with Crippen LogP contribution in [0.15, 0.2) is 6.33 Å². The molecule has 1 aromatic rings. The van der Waals surface area contributed by atoms with Crippen LogP contribution in [0.5, 0.6) is 0 Å². The predicted molar refractivity (Wildman–Crippen MR) is 70.5 cm³/mol. The van der Waals surface area contributed by atoms with Crippen LogP contribution in [0.25, 0.3) is 0 Å². The van der Waals surface area contributed by atoms with Gasteiger partial charge in [-0.2, -0.15) is 0 Å². The molecule has 1 fully saturated rings. The van der Waals surface area contributed by atoms with Gasteiger partial charge in [0.05, 0.1) is 11.0 Å². The molecule has 0 bridgehead atoms. The normalized spacial score (nSPS) is 18.6. The second kappa shape index (κ2) is 5.79. The summed E-state index contributed by atoms with van der Waals surface area (Å²) in [4.78, 5) is 20.7. The summed E-state index contributed by atoms with van der Waals surface area (Å²) in [6, 6.07) is 0. The molecule has 1 aromatic heterocycles. The summed E-state index contributed by atoms with van der Waals surface area (Å²) in [6.45, 7) is 3.74. The van der Waals surface area contributed by atoms with Crippen LogP contribution >= 0.6 is 0 Å². The second-order valence-corrected chi connectivity index (χ2v) is 4.27. The minimum absolute atomic E-state index is 0.0684. The number of rotatable bonds is 5. The van der Waals surface area contributed by atoms with Gasteiger partial charge in [-0.15, -0.1) is 0 Å². The topological polar surface area (TPSA) is 93.4 Å². The van der Waals surface area contributed by atoms with Gasteiger partial charge < -0.3 is 15.0 Å². The van der Waals surface area contributed by atoms with E-state index >= 15 is 0 Å². The first-order chi connectivity index (χ1) is 9.17. The molecule has 1 N–H and O–H groups in total. The molecule has 0 aromatic carbocycles. The Labute approximate surface area is 110 Å². The number of methoxy groups -OCH3 is 1. The fourth-order valence-corrected chi connectivity index (χ4v) is 2.18. The highest BCUT2D eigenvalue weighted by Crippen LogP contribution is 2.33. The fraction of sp³-hybridized carbons (Fsp3) is 0.636. The van der Waals surface area contributed by atoms with Crippen molar-refractivity contribution in [3.63, 3.8) is 0 Å². The lowest BCUT2D eigenvalue weighted by molar-refractivity contribution is -0.383. The summed E-state index contributed by atoms with van der Waals surface area (Å²) in [7, 11) is 1.65. The zero-order valence-corrected chi connectivity index (χ0v) is 11.0. The SMILES string of the molecule is CCNc1ncnc(N2CCC(OC)C2)c1[N+](=O)[O-]. The van der Waals surface area contributed by atoms with Crippen molar-refractivity contribution < 1.29 is 9.66 Å². The van der Waals surface area contributed by atoms with Crippen LogP contribution in [-0.2, 0) is 4.74 Å². The van der Waals surface area contributed by atoms with Crippen molar-refractivity contribution >= 4 is 17.3 Å². The molecule has 2 rings (SSSR count). The first-order valence-corrected chi connectivity index (χ1v) is 6.18. The monoisotopic (exact) mass is 267 g/mol. The third-order valence-electron chi connectivity index (χ3n) is 3.11. The smallest absolute Gasteiger partial charge is 0.353 e. The Hall–Kier alpha value is -1.96. The van der Waals surface area contributed by atoms with Gasteiger partial charge >= 0.3 is 5.69 Å². The largest absolute Gasteiger partial charge is 0.380 e. The minimum Gasteiger partial charge on any atom is -0.380 e. The molecule has 0 radical (unpaired) electrons. The molecule has 1 aliphatic rings. The van der Waals surface area contributed by atoms with Crippen molar-refractivity contribution in [2.45, 2.75) is 19.4 Å². The molecule has 1 atom stereocenters. The fourth-order valence-electron chi connectivity index (χ4n) is 2.18. The number of nitrogens with one attached hydrogen (secondary N) is 1. The molecule has 0 aliphatic carbocycles. The van der Waals surface area contributed by atoms with Crippen molar-refractivity contribution in [2.24, 2.45) is 0 Å². The molecule has 104 valence electrons. The number of hydrogen-bond acceptors (Lipinski definition) is 7. The molecule has 0 amide bonds. The molecular weight excluding hydrogens is 250 g/mol. The van der Waals surface area contributed by atoms with E-state index in [4.69, 9.17) is 4.74 Å². The minimum atomic E-state index is -0.437. The Morgan fingerprint density at radius 2 is 2.42 bits per heavy atom. The Morgan fingerprint density at radius 1 is 1.63 bits per heavy atom. The molecule has 2 heterocycles. The predicted octanol–water partition coefficient (Wildman–Crippen LogP) is 1.04. The number of hydrogen-bond donors (Lipinski definition) is 1. The molecule has 0 spiro atoms. The van der Waals surface area contributed by atoms with Crippen molar-refractivity contribution in [2.75, 3.05) is 37.0 Å². The van der Waals surface area contributed by atoms with E-state index in [-0.39, 0.29) is 17.6 Å². The summed E-state index contributed by atoms with van der Waals surface area (Å²) < 4.78 is 5.27. The van der Waals surface area contributed by atoms with Gasteiger partial charge in [0.15, 0.2) is 0 Å². The maximum Gasteiger partial charge on any atom is 0.353 e. The molecule has 19 heavy (non-hydrogen) atoms. The lowest BCUT2D eigenvalue weighted by atomic mass is 10.3. The van der Waals surface area contributed by atoms with Crippen molar-refractivity contribution in [3.05, 3.63) is 16.4 Å². The molecule has 0 saturated carbocycles. The third kappa shape index (κ3) is 2.73. The van der Waals surface area contributed by atoms with E-state index in [2.05, 4.69) is 15.3 Å². The summed E-state index contributed by atoms with van der Waals surface area (Å²) >= 11 is 0. The van der Waals surface area contributed by atoms with Crippen LogP contribution in [0.1, 0.15) is 13.3 Å². The quantitative estimate of drug-likeness (QED) is 0.629. The highest BCUT2D eigenvalue weighted by Gasteiger charge is 2.31. The van der Waals surface area contributed by atoms with E-state index < -0.39 is 4.92 Å². The van der Waals surface area contributed by atoms with E-state index in [1.54, 1.807) is 7.11 Å². The van der Waals surface area contributed by atoms with Gasteiger partial charge in [-0.1, -0.05) is 0 Å². The average Bonchev–Trinajstić information content (AvgIpc) is 2.87. The Bertz CT molecular complexity index is 468. The van der Waals surface area contributed by atoms with Gasteiger partial charge in [0.2, 0.25) is 11.6 Å². The van der Waals surface area contributed by atoms with Crippen molar-refractivity contribution in [1.82, 2.24) is 9.97 Å². The van der Waals surface area contributed by atoms with E-state index in [1.807, 2.05) is 11.8 Å². The Balaban J connectivity index is 2.34. The number of aromatic nitrogens is 2. The van der Waals surface area contributed by atoms with Crippen LogP contribution in [0.3, 0.4) is 0 Å². The third-order valence-corrected chi connectivity index (χ3v) is 3.11. The number of nitrogens with zero attached hydrogens (tertiary/aromatic N) is 4. The molecular formula is C11H17N5O3. The van der Waals surface area contributed by atoms with Crippen LogP contribution in [0.4, 0.5) is 17.3 Å². The van der Waals surface area contributed by atoms with Gasteiger partial charge in [0.1, 0.15) is 6.33 Å². The van der Waals surface area contributed by atoms with E-state index in [1.165, 1.54) is 6.33 Å². The van der Waals surface area contributed by atoms with Crippen LogP contribution in [0.2, 0.25) is 0 Å². The summed E-state index contributed by atoms with van der Waals surface area (Å²) in [5, 5.41) is 14.1. The zero-order valence-electron chi connectivity index (χ0n) is 11.0. The Kier molecular flexibility index (Phi) is 4.10. The highest BCUT2D eigenvalue weighted by atomic mass is 16.6. The van der Waals surface area contributed by atoms with Crippen molar-refractivity contribution in [1.29, 1.82) is 0 Å². The van der Waals surface area contributed by atoms with Gasteiger partial charge in [-0.3, -0.25) is 10.1 Å². The van der Waals surface area contributed by atoms with Crippen LogP contribution in [-0.4, -0.2) is 47.7 Å². The maximum atomic E-state index is 11.3. The molecule has 1 unspecified atom stereocenters. The maximum absolute atomic E-state index is 11.3. The summed E-state index contributed by atoms with van der Waals surface area (Å²) in [5.41, 5.74) is -0.0684. The van der Waals surface area contributed by atoms with E-state index in [0.29, 0.717) is 25.5 Å². The average molecular weight is 267 g/mol.